The van der Waals surface area contributed by atoms with Gasteiger partial charge in [0.15, 0.2) is 11.5 Å². The van der Waals surface area contributed by atoms with Gasteiger partial charge in [-0.15, -0.1) is 0 Å². The highest BCUT2D eigenvalue weighted by Crippen LogP contribution is 2.37. The number of benzene rings is 3. The number of rotatable bonds is 10. The lowest BCUT2D eigenvalue weighted by atomic mass is 10.1. The third-order valence-electron chi connectivity index (χ3n) is 4.82. The first-order chi connectivity index (χ1) is 14.6. The number of aryl methyl sites for hydroxylation is 1. The molecule has 0 aliphatic carbocycles. The molecule has 0 aromatic heterocycles. The number of halogens is 1. The first-order valence-corrected chi connectivity index (χ1v) is 10.9. The first-order valence-electron chi connectivity index (χ1n) is 10.1. The molecule has 0 spiro atoms. The molecule has 3 aromatic carbocycles. The Labute approximate surface area is 187 Å². The Bertz CT molecular complexity index is 957. The van der Waals surface area contributed by atoms with Gasteiger partial charge in [-0.2, -0.15) is 0 Å². The monoisotopic (exact) mass is 469 g/mol. The molecule has 158 valence electrons. The molecule has 5 heteroatoms. The summed E-state index contributed by atoms with van der Waals surface area (Å²) in [5, 5.41) is 3.48. The standard InChI is InChI=1S/C25H28BrNO3/c1-4-29-24-14-20(16-27-15-19-9-11-22(28-3)12-10-19)13-23(26)25(24)30-17-21-8-6-5-7-18(21)2/h5-14,27H,4,15-17H2,1-3H3. The summed E-state index contributed by atoms with van der Waals surface area (Å²) < 4.78 is 18.1. The second-order valence-electron chi connectivity index (χ2n) is 7.00. The van der Waals surface area contributed by atoms with E-state index in [1.165, 1.54) is 11.1 Å². The molecule has 0 amide bonds. The summed E-state index contributed by atoms with van der Waals surface area (Å²) in [6.45, 7) is 6.65. The first kappa shape index (κ1) is 22.2. The van der Waals surface area contributed by atoms with Crippen LogP contribution in [0, 0.1) is 6.92 Å². The molecule has 3 rings (SSSR count). The number of hydrogen-bond donors (Lipinski definition) is 1. The summed E-state index contributed by atoms with van der Waals surface area (Å²) in [4.78, 5) is 0. The quantitative estimate of drug-likeness (QED) is 0.393. The van der Waals surface area contributed by atoms with Crippen molar-refractivity contribution in [1.29, 1.82) is 0 Å². The lowest BCUT2D eigenvalue weighted by molar-refractivity contribution is 0.267. The van der Waals surface area contributed by atoms with Gasteiger partial charge in [-0.3, -0.25) is 0 Å². The van der Waals surface area contributed by atoms with Crippen molar-refractivity contribution in [3.05, 3.63) is 87.4 Å². The van der Waals surface area contributed by atoms with Crippen molar-refractivity contribution in [3.63, 3.8) is 0 Å². The van der Waals surface area contributed by atoms with E-state index >= 15 is 0 Å². The molecule has 0 bridgehead atoms. The largest absolute Gasteiger partial charge is 0.497 e. The van der Waals surface area contributed by atoms with Crippen LogP contribution in [0.5, 0.6) is 17.2 Å². The van der Waals surface area contributed by atoms with E-state index in [0.717, 1.165) is 45.9 Å². The highest BCUT2D eigenvalue weighted by atomic mass is 79.9. The van der Waals surface area contributed by atoms with Crippen LogP contribution in [0.4, 0.5) is 0 Å². The molecular weight excluding hydrogens is 442 g/mol. The van der Waals surface area contributed by atoms with E-state index in [0.29, 0.717) is 13.2 Å². The molecule has 1 N–H and O–H groups in total. The molecule has 0 aliphatic heterocycles. The van der Waals surface area contributed by atoms with Crippen LogP contribution in [0.15, 0.2) is 65.1 Å². The van der Waals surface area contributed by atoms with Gasteiger partial charge in [0.05, 0.1) is 18.2 Å². The molecule has 0 radical (unpaired) electrons. The maximum Gasteiger partial charge on any atom is 0.175 e. The fourth-order valence-electron chi connectivity index (χ4n) is 3.14. The lowest BCUT2D eigenvalue weighted by Gasteiger charge is -2.16. The summed E-state index contributed by atoms with van der Waals surface area (Å²) in [6, 6.07) is 20.4. The normalized spacial score (nSPS) is 10.7. The van der Waals surface area contributed by atoms with Gasteiger partial charge >= 0.3 is 0 Å². The summed E-state index contributed by atoms with van der Waals surface area (Å²) in [5.41, 5.74) is 4.71. The fraction of sp³-hybridized carbons (Fsp3) is 0.280. The minimum Gasteiger partial charge on any atom is -0.497 e. The van der Waals surface area contributed by atoms with Gasteiger partial charge in [0.1, 0.15) is 12.4 Å². The zero-order valence-corrected chi connectivity index (χ0v) is 19.3. The summed E-state index contributed by atoms with van der Waals surface area (Å²) in [6.07, 6.45) is 0. The van der Waals surface area contributed by atoms with Crippen LogP contribution in [0.25, 0.3) is 0 Å². The minimum absolute atomic E-state index is 0.500. The van der Waals surface area contributed by atoms with E-state index in [-0.39, 0.29) is 0 Å². The van der Waals surface area contributed by atoms with E-state index < -0.39 is 0 Å². The van der Waals surface area contributed by atoms with Crippen molar-refractivity contribution >= 4 is 15.9 Å². The molecule has 0 saturated carbocycles. The molecule has 0 atom stereocenters. The summed E-state index contributed by atoms with van der Waals surface area (Å²) in [7, 11) is 1.68. The fourth-order valence-corrected chi connectivity index (χ4v) is 3.75. The van der Waals surface area contributed by atoms with Gasteiger partial charge in [-0.05, 0) is 76.3 Å². The van der Waals surface area contributed by atoms with Gasteiger partial charge < -0.3 is 19.5 Å². The van der Waals surface area contributed by atoms with Crippen LogP contribution in [0.3, 0.4) is 0 Å². The summed E-state index contributed by atoms with van der Waals surface area (Å²) >= 11 is 3.67. The smallest absolute Gasteiger partial charge is 0.175 e. The molecule has 0 fully saturated rings. The number of methoxy groups -OCH3 is 1. The van der Waals surface area contributed by atoms with Crippen LogP contribution in [0.2, 0.25) is 0 Å². The van der Waals surface area contributed by atoms with Gasteiger partial charge in [0.25, 0.3) is 0 Å². The van der Waals surface area contributed by atoms with E-state index in [1.54, 1.807) is 7.11 Å². The van der Waals surface area contributed by atoms with Crippen LogP contribution >= 0.6 is 15.9 Å². The van der Waals surface area contributed by atoms with Crippen LogP contribution < -0.4 is 19.5 Å². The van der Waals surface area contributed by atoms with Crippen molar-refractivity contribution in [1.82, 2.24) is 5.32 Å². The van der Waals surface area contributed by atoms with Crippen molar-refractivity contribution < 1.29 is 14.2 Å². The zero-order chi connectivity index (χ0) is 21.3. The van der Waals surface area contributed by atoms with Gasteiger partial charge in [-0.1, -0.05) is 36.4 Å². The molecular formula is C25H28BrNO3. The number of hydrogen-bond acceptors (Lipinski definition) is 4. The van der Waals surface area contributed by atoms with E-state index in [9.17, 15) is 0 Å². The van der Waals surface area contributed by atoms with Crippen molar-refractivity contribution in [2.45, 2.75) is 33.5 Å². The minimum atomic E-state index is 0.500. The van der Waals surface area contributed by atoms with E-state index in [4.69, 9.17) is 14.2 Å². The van der Waals surface area contributed by atoms with E-state index in [2.05, 4.69) is 58.5 Å². The topological polar surface area (TPSA) is 39.7 Å². The molecule has 0 saturated heterocycles. The molecule has 0 aliphatic rings. The van der Waals surface area contributed by atoms with Crippen molar-refractivity contribution in [2.24, 2.45) is 0 Å². The Morgan fingerprint density at radius 1 is 0.900 bits per heavy atom. The molecule has 0 heterocycles. The lowest BCUT2D eigenvalue weighted by Crippen LogP contribution is -2.13. The average molecular weight is 470 g/mol. The summed E-state index contributed by atoms with van der Waals surface area (Å²) in [5.74, 6) is 2.35. The highest BCUT2D eigenvalue weighted by Gasteiger charge is 2.13. The molecule has 4 nitrogen and oxygen atoms in total. The Morgan fingerprint density at radius 3 is 2.33 bits per heavy atom. The van der Waals surface area contributed by atoms with Gasteiger partial charge in [-0.25, -0.2) is 0 Å². The second-order valence-corrected chi connectivity index (χ2v) is 7.86. The third kappa shape index (κ3) is 6.00. The molecule has 0 unspecified atom stereocenters. The highest BCUT2D eigenvalue weighted by molar-refractivity contribution is 9.10. The van der Waals surface area contributed by atoms with Crippen LogP contribution in [-0.2, 0) is 19.7 Å². The van der Waals surface area contributed by atoms with Crippen molar-refractivity contribution in [3.8, 4) is 17.2 Å². The number of nitrogens with one attached hydrogen (secondary N) is 1. The van der Waals surface area contributed by atoms with E-state index in [1.807, 2.05) is 37.3 Å². The molecule has 3 aromatic rings. The van der Waals surface area contributed by atoms with Gasteiger partial charge in [0, 0.05) is 13.1 Å². The van der Waals surface area contributed by atoms with Crippen LogP contribution in [0.1, 0.15) is 29.2 Å². The SMILES string of the molecule is CCOc1cc(CNCc2ccc(OC)cc2)cc(Br)c1OCc1ccccc1C. The second kappa shape index (κ2) is 11.0. The molecule has 30 heavy (non-hydrogen) atoms. The van der Waals surface area contributed by atoms with Crippen LogP contribution in [-0.4, -0.2) is 13.7 Å². The van der Waals surface area contributed by atoms with Gasteiger partial charge in [0.2, 0.25) is 0 Å². The Morgan fingerprint density at radius 2 is 1.63 bits per heavy atom. The van der Waals surface area contributed by atoms with Crippen molar-refractivity contribution in [2.75, 3.05) is 13.7 Å². The Hall–Kier alpha value is -2.50. The average Bonchev–Trinajstić information content (AvgIpc) is 2.75. The predicted octanol–water partition coefficient (Wildman–Crippen LogP) is 6.03. The maximum absolute atomic E-state index is 6.13. The Balaban J connectivity index is 1.66. The Kier molecular flexibility index (Phi) is 8.17. The number of ether oxygens (including phenoxy) is 3. The maximum atomic E-state index is 6.13. The predicted molar refractivity (Wildman–Crippen MR) is 124 cm³/mol. The third-order valence-corrected chi connectivity index (χ3v) is 5.41. The zero-order valence-electron chi connectivity index (χ0n) is 17.7.